The molecular formula is C14H15NO3S. The zero-order valence-corrected chi connectivity index (χ0v) is 11.7. The maximum Gasteiger partial charge on any atom is 0.345 e. The molecule has 0 saturated carbocycles. The second-order valence-corrected chi connectivity index (χ2v) is 5.28. The molecule has 0 amide bonds. The molecule has 0 unspecified atom stereocenters. The maximum atomic E-state index is 10.8. The van der Waals surface area contributed by atoms with Gasteiger partial charge in [0.15, 0.2) is 0 Å². The fourth-order valence-corrected chi connectivity index (χ4v) is 2.46. The number of aromatic nitrogens is 1. The van der Waals surface area contributed by atoms with Crippen molar-refractivity contribution in [2.24, 2.45) is 0 Å². The van der Waals surface area contributed by atoms with Crippen molar-refractivity contribution in [1.29, 1.82) is 0 Å². The Morgan fingerprint density at radius 3 is 2.79 bits per heavy atom. The second-order valence-electron chi connectivity index (χ2n) is 4.11. The van der Waals surface area contributed by atoms with Crippen LogP contribution in [-0.4, -0.2) is 16.1 Å². The first-order valence-corrected chi connectivity index (χ1v) is 6.83. The van der Waals surface area contributed by atoms with Gasteiger partial charge in [0.05, 0.1) is 5.69 Å². The van der Waals surface area contributed by atoms with Gasteiger partial charge in [0.25, 0.3) is 0 Å². The predicted molar refractivity (Wildman–Crippen MR) is 74.0 cm³/mol. The van der Waals surface area contributed by atoms with E-state index in [0.717, 1.165) is 28.4 Å². The van der Waals surface area contributed by atoms with Crippen molar-refractivity contribution >= 4 is 17.3 Å². The molecule has 0 aliphatic rings. The van der Waals surface area contributed by atoms with E-state index in [4.69, 9.17) is 9.84 Å². The predicted octanol–water partition coefficient (Wildman–Crippen LogP) is 3.29. The largest absolute Gasteiger partial charge is 0.486 e. The minimum atomic E-state index is -0.900. The first-order chi connectivity index (χ1) is 9.10. The Morgan fingerprint density at radius 1 is 1.37 bits per heavy atom. The first-order valence-electron chi connectivity index (χ1n) is 6.01. The molecule has 0 fully saturated rings. The molecule has 0 radical (unpaired) electrons. The van der Waals surface area contributed by atoms with Gasteiger partial charge in [-0.1, -0.05) is 6.92 Å². The van der Waals surface area contributed by atoms with Crippen LogP contribution in [0.1, 0.15) is 32.9 Å². The van der Waals surface area contributed by atoms with Crippen LogP contribution in [0.2, 0.25) is 0 Å². The molecule has 0 atom stereocenters. The van der Waals surface area contributed by atoms with E-state index in [-0.39, 0.29) is 0 Å². The molecule has 1 N–H and O–H groups in total. The third-order valence-electron chi connectivity index (χ3n) is 2.65. The summed E-state index contributed by atoms with van der Waals surface area (Å²) < 4.78 is 5.72. The number of pyridine rings is 1. The third kappa shape index (κ3) is 3.32. The highest BCUT2D eigenvalue weighted by Crippen LogP contribution is 2.22. The lowest BCUT2D eigenvalue weighted by Crippen LogP contribution is -1.99. The molecule has 19 heavy (non-hydrogen) atoms. The highest BCUT2D eigenvalue weighted by molar-refractivity contribution is 7.13. The highest BCUT2D eigenvalue weighted by atomic mass is 32.1. The van der Waals surface area contributed by atoms with E-state index in [1.54, 1.807) is 12.1 Å². The van der Waals surface area contributed by atoms with Gasteiger partial charge in [-0.2, -0.15) is 0 Å². The molecule has 0 aromatic carbocycles. The Balaban J connectivity index is 2.07. The van der Waals surface area contributed by atoms with Crippen molar-refractivity contribution in [3.63, 3.8) is 0 Å². The molecule has 0 aliphatic carbocycles. The molecular weight excluding hydrogens is 262 g/mol. The van der Waals surface area contributed by atoms with Crippen LogP contribution in [0.25, 0.3) is 0 Å². The van der Waals surface area contributed by atoms with Gasteiger partial charge >= 0.3 is 5.97 Å². The number of carboxylic acid groups (broad SMARTS) is 1. The number of aryl methyl sites for hydroxylation is 2. The Kier molecular flexibility index (Phi) is 4.16. The zero-order valence-electron chi connectivity index (χ0n) is 10.8. The lowest BCUT2D eigenvalue weighted by Gasteiger charge is -2.09. The van der Waals surface area contributed by atoms with E-state index in [9.17, 15) is 4.79 Å². The fourth-order valence-electron chi connectivity index (χ4n) is 1.70. The van der Waals surface area contributed by atoms with Gasteiger partial charge in [0.1, 0.15) is 17.2 Å². The van der Waals surface area contributed by atoms with Gasteiger partial charge < -0.3 is 9.84 Å². The quantitative estimate of drug-likeness (QED) is 0.911. The van der Waals surface area contributed by atoms with Crippen LogP contribution < -0.4 is 4.74 Å². The Labute approximate surface area is 115 Å². The number of thiophene rings is 1. The van der Waals surface area contributed by atoms with Crippen LogP contribution in [-0.2, 0) is 13.0 Å². The number of carbonyl (C=O) groups is 1. The summed E-state index contributed by atoms with van der Waals surface area (Å²) in [5.41, 5.74) is 1.89. The molecule has 0 aliphatic heterocycles. The summed E-state index contributed by atoms with van der Waals surface area (Å²) in [6, 6.07) is 7.19. The Hall–Kier alpha value is -1.88. The minimum Gasteiger partial charge on any atom is -0.486 e. The average Bonchev–Trinajstić information content (AvgIpc) is 2.86. The van der Waals surface area contributed by atoms with Gasteiger partial charge in [-0.15, -0.1) is 11.3 Å². The van der Waals surface area contributed by atoms with Gasteiger partial charge in [-0.3, -0.25) is 4.98 Å². The van der Waals surface area contributed by atoms with E-state index in [2.05, 4.69) is 4.98 Å². The van der Waals surface area contributed by atoms with Crippen molar-refractivity contribution in [2.45, 2.75) is 26.9 Å². The molecule has 2 aromatic heterocycles. The SMILES string of the molecule is CCc1nc(C)ccc1OCc1ccc(C(=O)O)s1. The number of ether oxygens (including phenoxy) is 1. The van der Waals surface area contributed by atoms with E-state index >= 15 is 0 Å². The van der Waals surface area contributed by atoms with E-state index in [0.29, 0.717) is 11.5 Å². The zero-order chi connectivity index (χ0) is 13.8. The standard InChI is InChI=1S/C14H15NO3S/c1-3-11-12(6-4-9(2)15-11)18-8-10-5-7-13(19-10)14(16)17/h4-7H,3,8H2,1-2H3,(H,16,17). The van der Waals surface area contributed by atoms with E-state index in [1.807, 2.05) is 26.0 Å². The smallest absolute Gasteiger partial charge is 0.345 e. The minimum absolute atomic E-state index is 0.330. The molecule has 2 aromatic rings. The van der Waals surface area contributed by atoms with Crippen LogP contribution in [0.5, 0.6) is 5.75 Å². The van der Waals surface area contributed by atoms with Crippen LogP contribution in [0.15, 0.2) is 24.3 Å². The van der Waals surface area contributed by atoms with Crippen molar-refractivity contribution < 1.29 is 14.6 Å². The van der Waals surface area contributed by atoms with Gasteiger partial charge in [0.2, 0.25) is 0 Å². The molecule has 0 spiro atoms. The number of hydrogen-bond acceptors (Lipinski definition) is 4. The van der Waals surface area contributed by atoms with Crippen LogP contribution in [0.3, 0.4) is 0 Å². The summed E-state index contributed by atoms with van der Waals surface area (Å²) >= 11 is 1.23. The van der Waals surface area contributed by atoms with Crippen molar-refractivity contribution in [1.82, 2.24) is 4.98 Å². The van der Waals surface area contributed by atoms with Crippen LogP contribution >= 0.6 is 11.3 Å². The summed E-state index contributed by atoms with van der Waals surface area (Å²) in [5.74, 6) is -0.138. The monoisotopic (exact) mass is 277 g/mol. The van der Waals surface area contributed by atoms with E-state index in [1.165, 1.54) is 11.3 Å². The molecule has 5 heteroatoms. The summed E-state index contributed by atoms with van der Waals surface area (Å²) in [6.07, 6.45) is 0.807. The lowest BCUT2D eigenvalue weighted by atomic mass is 10.2. The molecule has 4 nitrogen and oxygen atoms in total. The fraction of sp³-hybridized carbons (Fsp3) is 0.286. The van der Waals surface area contributed by atoms with Crippen molar-refractivity contribution in [3.05, 3.63) is 45.4 Å². The van der Waals surface area contributed by atoms with Gasteiger partial charge in [-0.25, -0.2) is 4.79 Å². The number of nitrogens with zero attached hydrogens (tertiary/aromatic N) is 1. The Bertz CT molecular complexity index is 592. The maximum absolute atomic E-state index is 10.8. The number of carboxylic acids is 1. The average molecular weight is 277 g/mol. The Morgan fingerprint density at radius 2 is 2.16 bits per heavy atom. The summed E-state index contributed by atoms with van der Waals surface area (Å²) in [5, 5.41) is 8.86. The number of hydrogen-bond donors (Lipinski definition) is 1. The molecule has 2 heterocycles. The topological polar surface area (TPSA) is 59.4 Å². The second kappa shape index (κ2) is 5.84. The molecule has 100 valence electrons. The van der Waals surface area contributed by atoms with Gasteiger partial charge in [-0.05, 0) is 37.6 Å². The van der Waals surface area contributed by atoms with Crippen LogP contribution in [0.4, 0.5) is 0 Å². The first kappa shape index (κ1) is 13.5. The normalized spacial score (nSPS) is 10.4. The third-order valence-corrected chi connectivity index (χ3v) is 3.70. The molecule has 0 bridgehead atoms. The lowest BCUT2D eigenvalue weighted by molar-refractivity contribution is 0.0702. The van der Waals surface area contributed by atoms with E-state index < -0.39 is 5.97 Å². The van der Waals surface area contributed by atoms with Crippen molar-refractivity contribution in [2.75, 3.05) is 0 Å². The number of rotatable bonds is 5. The molecule has 0 saturated heterocycles. The summed E-state index contributed by atoms with van der Waals surface area (Å²) in [4.78, 5) is 16.4. The number of aromatic carboxylic acids is 1. The van der Waals surface area contributed by atoms with Crippen molar-refractivity contribution in [3.8, 4) is 5.75 Å². The highest BCUT2D eigenvalue weighted by Gasteiger charge is 2.09. The van der Waals surface area contributed by atoms with Crippen LogP contribution in [0, 0.1) is 6.92 Å². The molecule has 2 rings (SSSR count). The summed E-state index contributed by atoms with van der Waals surface area (Å²) in [6.45, 7) is 4.35. The summed E-state index contributed by atoms with van der Waals surface area (Å²) in [7, 11) is 0. The van der Waals surface area contributed by atoms with Gasteiger partial charge in [0, 0.05) is 10.6 Å².